The second kappa shape index (κ2) is 11.7. The van der Waals surface area contributed by atoms with E-state index in [0.717, 1.165) is 30.1 Å². The molecule has 1 aliphatic rings. The summed E-state index contributed by atoms with van der Waals surface area (Å²) in [6.45, 7) is 6.90. The molecule has 0 amide bonds. The summed E-state index contributed by atoms with van der Waals surface area (Å²) < 4.78 is 0. The highest BCUT2D eigenvalue weighted by molar-refractivity contribution is 5.48. The molecule has 1 fully saturated rings. The van der Waals surface area contributed by atoms with Gasteiger partial charge in [-0.3, -0.25) is 0 Å². The topological polar surface area (TPSA) is 52.0 Å². The van der Waals surface area contributed by atoms with Crippen molar-refractivity contribution in [1.82, 2.24) is 0 Å². The number of nitrogens with two attached hydrogens (primary N) is 2. The molecule has 39 heavy (non-hydrogen) atoms. The van der Waals surface area contributed by atoms with Gasteiger partial charge >= 0.3 is 0 Å². The summed E-state index contributed by atoms with van der Waals surface area (Å²) >= 11 is 0. The molecule has 0 unspecified atom stereocenters. The Bertz CT molecular complexity index is 1290. The Morgan fingerprint density at radius 3 is 1.46 bits per heavy atom. The maximum atomic E-state index is 5.91. The molecule has 2 heteroatoms. The number of nitrogen functional groups attached to an aromatic ring is 2. The minimum absolute atomic E-state index is 0.0826. The van der Waals surface area contributed by atoms with Crippen molar-refractivity contribution in [3.63, 3.8) is 0 Å². The highest BCUT2D eigenvalue weighted by atomic mass is 14.5. The fourth-order valence-electron chi connectivity index (χ4n) is 6.71. The maximum absolute atomic E-state index is 5.91. The Labute approximate surface area is 235 Å². The van der Waals surface area contributed by atoms with Crippen LogP contribution in [0.2, 0.25) is 0 Å². The molecule has 0 aliphatic heterocycles. The van der Waals surface area contributed by atoms with Crippen LogP contribution in [0.4, 0.5) is 11.4 Å². The van der Waals surface area contributed by atoms with Gasteiger partial charge in [0.15, 0.2) is 0 Å². The number of hydrogen-bond donors (Lipinski definition) is 2. The number of benzene rings is 4. The van der Waals surface area contributed by atoms with E-state index in [0.29, 0.717) is 0 Å². The van der Waals surface area contributed by atoms with Gasteiger partial charge in [-0.15, -0.1) is 0 Å². The summed E-state index contributed by atoms with van der Waals surface area (Å²) in [7, 11) is 0. The molecule has 4 aromatic carbocycles. The van der Waals surface area contributed by atoms with Crippen molar-refractivity contribution in [2.45, 2.75) is 77.6 Å². The Kier molecular flexibility index (Phi) is 8.12. The Morgan fingerprint density at radius 2 is 1.08 bits per heavy atom. The first-order chi connectivity index (χ1) is 18.9. The number of rotatable bonds is 8. The molecule has 4 aromatic rings. The van der Waals surface area contributed by atoms with Gasteiger partial charge in [0.1, 0.15) is 0 Å². The SMILES string of the molecule is CCCC1CCC(c2ccc(Cc3ccc(N)cc3)c(C)c2)(c2ccc(Cc3ccc(N)cc3)c(C)c2)CC1. The van der Waals surface area contributed by atoms with Crippen LogP contribution in [-0.4, -0.2) is 0 Å². The van der Waals surface area contributed by atoms with Crippen LogP contribution in [0.3, 0.4) is 0 Å². The largest absolute Gasteiger partial charge is 0.399 e. The van der Waals surface area contributed by atoms with Crippen LogP contribution < -0.4 is 11.5 Å². The lowest BCUT2D eigenvalue weighted by Gasteiger charge is -2.42. The third-order valence-corrected chi connectivity index (χ3v) is 9.19. The fraction of sp³-hybridized carbons (Fsp3) is 0.351. The third kappa shape index (κ3) is 6.06. The van der Waals surface area contributed by atoms with E-state index in [4.69, 9.17) is 11.5 Å². The molecule has 4 N–H and O–H groups in total. The minimum Gasteiger partial charge on any atom is -0.399 e. The van der Waals surface area contributed by atoms with E-state index in [1.165, 1.54) is 83.0 Å². The van der Waals surface area contributed by atoms with Crippen LogP contribution in [-0.2, 0) is 18.3 Å². The standard InChI is InChI=1S/C37H44N2/c1-4-5-28-18-20-37(21-19-28,33-12-10-31(26(2)22-33)24-29-6-14-35(38)15-7-29)34-13-11-32(27(3)23-34)25-30-8-16-36(39)17-9-30/h6-17,22-23,28H,4-5,18-21,24-25,38-39H2,1-3H3. The molecule has 1 aliphatic carbocycles. The monoisotopic (exact) mass is 516 g/mol. The molecule has 202 valence electrons. The average molecular weight is 517 g/mol. The van der Waals surface area contributed by atoms with Crippen molar-refractivity contribution in [2.24, 2.45) is 5.92 Å². The van der Waals surface area contributed by atoms with Crippen molar-refractivity contribution in [1.29, 1.82) is 0 Å². The summed E-state index contributed by atoms with van der Waals surface area (Å²) in [4.78, 5) is 0. The molecule has 5 rings (SSSR count). The van der Waals surface area contributed by atoms with Crippen LogP contribution >= 0.6 is 0 Å². The molecule has 1 saturated carbocycles. The highest BCUT2D eigenvalue weighted by Gasteiger charge is 2.38. The second-order valence-electron chi connectivity index (χ2n) is 11.9. The van der Waals surface area contributed by atoms with Gasteiger partial charge < -0.3 is 11.5 Å². The van der Waals surface area contributed by atoms with E-state index >= 15 is 0 Å². The second-order valence-corrected chi connectivity index (χ2v) is 11.9. The predicted octanol–water partition coefficient (Wildman–Crippen LogP) is 8.93. The molecule has 0 spiro atoms. The van der Waals surface area contributed by atoms with E-state index in [1.54, 1.807) is 0 Å². The van der Waals surface area contributed by atoms with Gasteiger partial charge in [0, 0.05) is 16.8 Å². The Hall–Kier alpha value is -3.52. The van der Waals surface area contributed by atoms with Gasteiger partial charge in [0.2, 0.25) is 0 Å². The summed E-state index contributed by atoms with van der Waals surface area (Å²) in [5, 5.41) is 0. The van der Waals surface area contributed by atoms with Crippen molar-refractivity contribution in [3.8, 4) is 0 Å². The smallest absolute Gasteiger partial charge is 0.0314 e. The Balaban J connectivity index is 1.46. The van der Waals surface area contributed by atoms with Crippen molar-refractivity contribution in [2.75, 3.05) is 11.5 Å². The van der Waals surface area contributed by atoms with Crippen LogP contribution in [0, 0.1) is 19.8 Å². The van der Waals surface area contributed by atoms with Crippen LogP contribution in [0.15, 0.2) is 84.9 Å². The number of hydrogen-bond acceptors (Lipinski definition) is 2. The van der Waals surface area contributed by atoms with E-state index in [2.05, 4.69) is 81.4 Å². The lowest BCUT2D eigenvalue weighted by molar-refractivity contribution is 0.253. The summed E-state index contributed by atoms with van der Waals surface area (Å²) in [6, 6.07) is 31.2. The number of anilines is 2. The zero-order chi connectivity index (χ0) is 27.4. The zero-order valence-corrected chi connectivity index (χ0v) is 24.0. The molecule has 0 aromatic heterocycles. The zero-order valence-electron chi connectivity index (χ0n) is 24.0. The predicted molar refractivity (Wildman–Crippen MR) is 167 cm³/mol. The molecule has 0 saturated heterocycles. The molecular formula is C37H44N2. The highest BCUT2D eigenvalue weighted by Crippen LogP contribution is 2.48. The van der Waals surface area contributed by atoms with E-state index < -0.39 is 0 Å². The van der Waals surface area contributed by atoms with Crippen LogP contribution in [0.5, 0.6) is 0 Å². The summed E-state index contributed by atoms with van der Waals surface area (Å²) in [5.41, 5.74) is 24.7. The molecule has 0 atom stereocenters. The van der Waals surface area contributed by atoms with E-state index in [9.17, 15) is 0 Å². The first-order valence-electron chi connectivity index (χ1n) is 14.7. The summed E-state index contributed by atoms with van der Waals surface area (Å²) in [5.74, 6) is 0.861. The molecular weight excluding hydrogens is 472 g/mol. The van der Waals surface area contributed by atoms with Gasteiger partial charge in [0.25, 0.3) is 0 Å². The maximum Gasteiger partial charge on any atom is 0.0314 e. The van der Waals surface area contributed by atoms with Crippen molar-refractivity contribution < 1.29 is 0 Å². The van der Waals surface area contributed by atoms with Gasteiger partial charge in [-0.2, -0.15) is 0 Å². The van der Waals surface area contributed by atoms with E-state index in [-0.39, 0.29) is 5.41 Å². The quantitative estimate of drug-likeness (QED) is 0.230. The average Bonchev–Trinajstić information content (AvgIpc) is 2.94. The summed E-state index contributed by atoms with van der Waals surface area (Å²) in [6.07, 6.45) is 9.60. The van der Waals surface area contributed by atoms with Crippen LogP contribution in [0.25, 0.3) is 0 Å². The normalized spacial score (nSPS) is 15.4. The molecule has 0 heterocycles. The minimum atomic E-state index is 0.0826. The van der Waals surface area contributed by atoms with Gasteiger partial charge in [-0.25, -0.2) is 0 Å². The van der Waals surface area contributed by atoms with Crippen LogP contribution in [0.1, 0.15) is 90.0 Å². The van der Waals surface area contributed by atoms with Gasteiger partial charge in [-0.1, -0.05) is 80.4 Å². The lowest BCUT2D eigenvalue weighted by Crippen LogP contribution is -2.33. The molecule has 0 radical (unpaired) electrons. The fourth-order valence-corrected chi connectivity index (χ4v) is 6.71. The van der Waals surface area contributed by atoms with Gasteiger partial charge in [-0.05, 0) is 127 Å². The molecule has 2 nitrogen and oxygen atoms in total. The van der Waals surface area contributed by atoms with Gasteiger partial charge in [0.05, 0.1) is 0 Å². The van der Waals surface area contributed by atoms with E-state index in [1.807, 2.05) is 24.3 Å². The van der Waals surface area contributed by atoms with Crippen molar-refractivity contribution >= 4 is 11.4 Å². The lowest BCUT2D eigenvalue weighted by atomic mass is 9.62. The molecule has 0 bridgehead atoms. The third-order valence-electron chi connectivity index (χ3n) is 9.19. The first kappa shape index (κ1) is 27.1. The van der Waals surface area contributed by atoms with Crippen molar-refractivity contribution in [3.05, 3.63) is 129 Å². The Morgan fingerprint density at radius 1 is 0.641 bits per heavy atom. The number of aryl methyl sites for hydroxylation is 2. The first-order valence-corrected chi connectivity index (χ1v) is 14.7.